The Morgan fingerprint density at radius 2 is 1.87 bits per heavy atom. The summed E-state index contributed by atoms with van der Waals surface area (Å²) in [5.74, 6) is 1.57. The number of carbonyl (C=O) groups excluding carboxylic acids is 1. The summed E-state index contributed by atoms with van der Waals surface area (Å²) in [4.78, 5) is 13.1. The first kappa shape index (κ1) is 20.0. The number of fused-ring (bicyclic) bond motifs is 3. The number of hydrogen-bond acceptors (Lipinski definition) is 4. The van der Waals surface area contributed by atoms with Gasteiger partial charge in [-0.3, -0.25) is 0 Å². The normalized spacial score (nSPS) is 21.1. The maximum Gasteiger partial charge on any atom is 0.337 e. The lowest BCUT2D eigenvalue weighted by molar-refractivity contribution is 0.0600. The van der Waals surface area contributed by atoms with Gasteiger partial charge in [0, 0.05) is 22.3 Å². The highest BCUT2D eigenvalue weighted by Crippen LogP contribution is 2.50. The highest BCUT2D eigenvalue weighted by molar-refractivity contribution is 7.98. The molecule has 3 aromatic carbocycles. The van der Waals surface area contributed by atoms with Gasteiger partial charge in [0.1, 0.15) is 0 Å². The van der Waals surface area contributed by atoms with E-state index in [1.165, 1.54) is 34.4 Å². The van der Waals surface area contributed by atoms with E-state index in [9.17, 15) is 4.79 Å². The van der Waals surface area contributed by atoms with Crippen molar-refractivity contribution in [1.82, 2.24) is 0 Å². The van der Waals surface area contributed by atoms with Gasteiger partial charge in [0.15, 0.2) is 0 Å². The van der Waals surface area contributed by atoms with Crippen LogP contribution in [0.5, 0.6) is 0 Å². The molecule has 0 spiro atoms. The van der Waals surface area contributed by atoms with Crippen molar-refractivity contribution in [2.75, 3.05) is 12.4 Å². The van der Waals surface area contributed by atoms with Crippen molar-refractivity contribution in [3.8, 4) is 0 Å². The predicted molar refractivity (Wildman–Crippen MR) is 127 cm³/mol. The predicted octanol–water partition coefficient (Wildman–Crippen LogP) is 6.59. The van der Waals surface area contributed by atoms with Gasteiger partial charge in [-0.05, 0) is 59.4 Å². The zero-order valence-corrected chi connectivity index (χ0v) is 18.3. The monoisotopic (exact) mass is 427 g/mol. The molecule has 2 aliphatic rings. The van der Waals surface area contributed by atoms with Crippen LogP contribution in [-0.4, -0.2) is 13.1 Å². The second-order valence-electron chi connectivity index (χ2n) is 8.11. The molecule has 1 aliphatic carbocycles. The average molecular weight is 428 g/mol. The zero-order chi connectivity index (χ0) is 21.2. The molecule has 5 rings (SSSR count). The summed E-state index contributed by atoms with van der Waals surface area (Å²) in [6.07, 6.45) is 5.74. The summed E-state index contributed by atoms with van der Waals surface area (Å²) < 4.78 is 4.83. The molecule has 1 aliphatic heterocycles. The Balaban J connectivity index is 1.38. The van der Waals surface area contributed by atoms with Gasteiger partial charge in [0.25, 0.3) is 0 Å². The number of ether oxygens (including phenoxy) is 1. The van der Waals surface area contributed by atoms with E-state index in [2.05, 4.69) is 78.1 Å². The van der Waals surface area contributed by atoms with Crippen LogP contribution < -0.4 is 5.32 Å². The number of rotatable bonds is 5. The lowest BCUT2D eigenvalue weighted by atomic mass is 9.76. The van der Waals surface area contributed by atoms with Crippen LogP contribution in [0.2, 0.25) is 0 Å². The molecule has 0 saturated heterocycles. The number of methoxy groups -OCH3 is 1. The van der Waals surface area contributed by atoms with E-state index in [1.54, 1.807) is 0 Å². The Labute approximate surface area is 187 Å². The second-order valence-corrected chi connectivity index (χ2v) is 9.16. The SMILES string of the molecule is COC(=O)c1ccc([C@@H]2Nc3ccc(CSc4ccccc4)cc3[C@@H]3C=CC[C@@H]32)cc1. The van der Waals surface area contributed by atoms with Crippen LogP contribution >= 0.6 is 11.8 Å². The van der Waals surface area contributed by atoms with Gasteiger partial charge in [-0.2, -0.15) is 0 Å². The first-order chi connectivity index (χ1) is 15.2. The Morgan fingerprint density at radius 3 is 2.65 bits per heavy atom. The van der Waals surface area contributed by atoms with Gasteiger partial charge in [-0.15, -0.1) is 11.8 Å². The van der Waals surface area contributed by atoms with Gasteiger partial charge in [0.05, 0.1) is 18.7 Å². The molecule has 1 heterocycles. The third-order valence-corrected chi connectivity index (χ3v) is 7.35. The number of thioether (sulfide) groups is 1. The minimum absolute atomic E-state index is 0.226. The maximum absolute atomic E-state index is 11.8. The molecule has 3 aromatic rings. The van der Waals surface area contributed by atoms with Gasteiger partial charge >= 0.3 is 5.97 Å². The number of allylic oxidation sites excluding steroid dienone is 2. The summed E-state index contributed by atoms with van der Waals surface area (Å²) in [7, 11) is 1.41. The molecular formula is C27H25NO2S. The smallest absolute Gasteiger partial charge is 0.337 e. The Bertz CT molecular complexity index is 1110. The second kappa shape index (κ2) is 8.64. The third kappa shape index (κ3) is 4.00. The fraction of sp³-hybridized carbons (Fsp3) is 0.222. The van der Waals surface area contributed by atoms with Crippen molar-refractivity contribution in [2.24, 2.45) is 5.92 Å². The average Bonchev–Trinajstić information content (AvgIpc) is 3.33. The molecule has 0 fully saturated rings. The van der Waals surface area contributed by atoms with E-state index in [-0.39, 0.29) is 12.0 Å². The number of hydrogen-bond donors (Lipinski definition) is 1. The highest BCUT2D eigenvalue weighted by atomic mass is 32.2. The Kier molecular flexibility index (Phi) is 5.56. The first-order valence-corrected chi connectivity index (χ1v) is 11.6. The van der Waals surface area contributed by atoms with E-state index in [0.29, 0.717) is 17.4 Å². The lowest BCUT2D eigenvalue weighted by Gasteiger charge is -2.37. The van der Waals surface area contributed by atoms with Crippen LogP contribution in [0.3, 0.4) is 0 Å². The maximum atomic E-state index is 11.8. The molecule has 0 bridgehead atoms. The van der Waals surface area contributed by atoms with Crippen LogP contribution in [-0.2, 0) is 10.5 Å². The van der Waals surface area contributed by atoms with Crippen LogP contribution in [0, 0.1) is 5.92 Å². The third-order valence-electron chi connectivity index (χ3n) is 6.27. The van der Waals surface area contributed by atoms with E-state index >= 15 is 0 Å². The van der Waals surface area contributed by atoms with E-state index in [0.717, 1.165) is 12.2 Å². The lowest BCUT2D eigenvalue weighted by Crippen LogP contribution is -2.29. The molecule has 0 amide bonds. The summed E-state index contributed by atoms with van der Waals surface area (Å²) in [5.41, 5.74) is 5.76. The zero-order valence-electron chi connectivity index (χ0n) is 17.5. The van der Waals surface area contributed by atoms with Crippen molar-refractivity contribution < 1.29 is 9.53 Å². The van der Waals surface area contributed by atoms with Crippen molar-refractivity contribution in [1.29, 1.82) is 0 Å². The molecule has 3 atom stereocenters. The van der Waals surface area contributed by atoms with Crippen molar-refractivity contribution >= 4 is 23.4 Å². The standard InChI is InChI=1S/C27H25NO2S/c1-30-27(29)20-13-11-19(12-14-20)26-23-9-5-8-22(23)24-16-18(10-15-25(24)28-26)17-31-21-6-3-2-4-7-21/h2-8,10-16,22-23,26,28H,9,17H2,1H3/t22-,23+,26+/m1/s1. The van der Waals surface area contributed by atoms with E-state index in [1.807, 2.05) is 23.9 Å². The molecule has 3 nitrogen and oxygen atoms in total. The molecule has 156 valence electrons. The fourth-order valence-corrected chi connectivity index (χ4v) is 5.55. The van der Waals surface area contributed by atoms with Gasteiger partial charge in [-0.1, -0.05) is 54.6 Å². The number of carbonyl (C=O) groups is 1. The van der Waals surface area contributed by atoms with Gasteiger partial charge in [0.2, 0.25) is 0 Å². The van der Waals surface area contributed by atoms with Crippen LogP contribution in [0.25, 0.3) is 0 Å². The Morgan fingerprint density at radius 1 is 1.06 bits per heavy atom. The molecule has 0 aromatic heterocycles. The van der Waals surface area contributed by atoms with Crippen molar-refractivity contribution in [2.45, 2.75) is 29.0 Å². The Hall–Kier alpha value is -2.98. The van der Waals surface area contributed by atoms with Gasteiger partial charge < -0.3 is 10.1 Å². The largest absolute Gasteiger partial charge is 0.465 e. The first-order valence-electron chi connectivity index (χ1n) is 10.6. The van der Waals surface area contributed by atoms with Crippen LogP contribution in [0.1, 0.15) is 45.4 Å². The topological polar surface area (TPSA) is 38.3 Å². The van der Waals surface area contributed by atoms with Gasteiger partial charge in [-0.25, -0.2) is 4.79 Å². The summed E-state index contributed by atoms with van der Waals surface area (Å²) in [5, 5.41) is 3.79. The highest BCUT2D eigenvalue weighted by Gasteiger charge is 2.37. The molecular weight excluding hydrogens is 402 g/mol. The number of nitrogens with one attached hydrogen (secondary N) is 1. The number of anilines is 1. The summed E-state index contributed by atoms with van der Waals surface area (Å²) in [6.45, 7) is 0. The van der Waals surface area contributed by atoms with Crippen molar-refractivity contribution in [3.05, 3.63) is 107 Å². The molecule has 31 heavy (non-hydrogen) atoms. The number of esters is 1. The quantitative estimate of drug-likeness (QED) is 0.283. The number of benzene rings is 3. The van der Waals surface area contributed by atoms with Crippen molar-refractivity contribution in [3.63, 3.8) is 0 Å². The minimum atomic E-state index is -0.296. The minimum Gasteiger partial charge on any atom is -0.465 e. The molecule has 0 saturated carbocycles. The summed E-state index contributed by atoms with van der Waals surface area (Å²) >= 11 is 1.88. The van der Waals surface area contributed by atoms with Crippen LogP contribution in [0.4, 0.5) is 5.69 Å². The molecule has 4 heteroatoms. The molecule has 1 N–H and O–H groups in total. The van der Waals surface area contributed by atoms with E-state index < -0.39 is 0 Å². The van der Waals surface area contributed by atoms with E-state index in [4.69, 9.17) is 4.74 Å². The molecule has 0 radical (unpaired) electrons. The summed E-state index contributed by atoms with van der Waals surface area (Å²) in [6, 6.07) is 25.4. The molecule has 0 unspecified atom stereocenters. The fourth-order valence-electron chi connectivity index (χ4n) is 4.69. The van der Waals surface area contributed by atoms with Crippen LogP contribution in [0.15, 0.2) is 89.8 Å².